The SMILES string of the molecule is CCCCCCCCCCCCCCC(CCC)NS(=O)(=O)N(Cc1ccccc1)C(=O)OCC(COC(=O)N(C)c1ccccn1)OC. The van der Waals surface area contributed by atoms with Crippen molar-refractivity contribution in [2.24, 2.45) is 0 Å². The van der Waals surface area contributed by atoms with Crippen LogP contribution in [0.3, 0.4) is 0 Å². The number of hydrogen-bond donors (Lipinski definition) is 1. The molecule has 12 heteroatoms. The van der Waals surface area contributed by atoms with Crippen molar-refractivity contribution in [3.05, 3.63) is 60.3 Å². The largest absolute Gasteiger partial charge is 0.446 e. The second kappa shape index (κ2) is 24.8. The van der Waals surface area contributed by atoms with E-state index in [1.807, 2.05) is 13.0 Å². The van der Waals surface area contributed by atoms with Crippen LogP contribution in [-0.4, -0.2) is 69.4 Å². The maximum atomic E-state index is 13.7. The van der Waals surface area contributed by atoms with Gasteiger partial charge in [0.25, 0.3) is 0 Å². The van der Waals surface area contributed by atoms with Gasteiger partial charge in [0.2, 0.25) is 0 Å². The number of carbonyl (C=O) groups excluding carboxylic acids is 2. The van der Waals surface area contributed by atoms with E-state index in [0.29, 0.717) is 24.2 Å². The molecular weight excluding hydrogens is 644 g/mol. The Morgan fingerprint density at radius 3 is 1.88 bits per heavy atom. The average Bonchev–Trinajstić information content (AvgIpc) is 3.11. The van der Waals surface area contributed by atoms with Crippen LogP contribution in [0.5, 0.6) is 0 Å². The number of ether oxygens (including phenoxy) is 3. The summed E-state index contributed by atoms with van der Waals surface area (Å²) in [5.74, 6) is 0.405. The van der Waals surface area contributed by atoms with Crippen LogP contribution in [0, 0.1) is 0 Å². The first-order valence-corrected chi connectivity index (χ1v) is 19.5. The minimum absolute atomic E-state index is 0.200. The Hall–Kier alpha value is -3.22. The number of nitrogens with zero attached hydrogens (tertiary/aromatic N) is 3. The highest BCUT2D eigenvalue weighted by molar-refractivity contribution is 7.87. The van der Waals surface area contributed by atoms with Crippen molar-refractivity contribution < 1.29 is 32.2 Å². The molecule has 1 aromatic heterocycles. The molecule has 2 rings (SSSR count). The Labute approximate surface area is 295 Å². The lowest BCUT2D eigenvalue weighted by molar-refractivity contribution is -0.00667. The second-order valence-corrected chi connectivity index (χ2v) is 14.2. The van der Waals surface area contributed by atoms with Crippen LogP contribution >= 0.6 is 0 Å². The Kier molecular flexibility index (Phi) is 21.3. The summed E-state index contributed by atoms with van der Waals surface area (Å²) in [6.45, 7) is 3.52. The average molecular weight is 705 g/mol. The molecule has 2 unspecified atom stereocenters. The van der Waals surface area contributed by atoms with E-state index in [1.165, 1.54) is 76.8 Å². The summed E-state index contributed by atoms with van der Waals surface area (Å²) in [5.41, 5.74) is 0.632. The number of aromatic nitrogens is 1. The Balaban J connectivity index is 1.91. The third kappa shape index (κ3) is 17.3. The Morgan fingerprint density at radius 1 is 0.755 bits per heavy atom. The summed E-state index contributed by atoms with van der Waals surface area (Å²) in [5, 5.41) is 0. The molecule has 1 N–H and O–H groups in total. The Bertz CT molecular complexity index is 1270. The van der Waals surface area contributed by atoms with Crippen molar-refractivity contribution in [1.29, 1.82) is 0 Å². The topological polar surface area (TPSA) is 127 Å². The van der Waals surface area contributed by atoms with Crippen LogP contribution in [0.2, 0.25) is 0 Å². The summed E-state index contributed by atoms with van der Waals surface area (Å²) in [6.07, 6.45) is 16.0. The molecule has 0 radical (unpaired) electrons. The highest BCUT2D eigenvalue weighted by atomic mass is 32.2. The molecule has 0 saturated heterocycles. The summed E-state index contributed by atoms with van der Waals surface area (Å²) in [4.78, 5) is 31.2. The third-order valence-electron chi connectivity index (χ3n) is 8.41. The monoisotopic (exact) mass is 704 g/mol. The van der Waals surface area contributed by atoms with Gasteiger partial charge in [-0.15, -0.1) is 0 Å². The van der Waals surface area contributed by atoms with Gasteiger partial charge in [0, 0.05) is 26.4 Å². The zero-order valence-corrected chi connectivity index (χ0v) is 31.0. The molecule has 2 aromatic rings. The molecule has 11 nitrogen and oxygen atoms in total. The molecule has 0 spiro atoms. The van der Waals surface area contributed by atoms with Crippen LogP contribution in [0.4, 0.5) is 15.4 Å². The van der Waals surface area contributed by atoms with E-state index in [-0.39, 0.29) is 25.8 Å². The molecule has 276 valence electrons. The minimum Gasteiger partial charge on any atom is -0.446 e. The molecule has 2 amide bonds. The molecule has 0 fully saturated rings. The number of unbranched alkanes of at least 4 members (excludes halogenated alkanes) is 11. The number of anilines is 1. The number of nitrogens with one attached hydrogen (secondary N) is 1. The van der Waals surface area contributed by atoms with Gasteiger partial charge in [0.05, 0.1) is 6.54 Å². The second-order valence-electron chi connectivity index (χ2n) is 12.5. The lowest BCUT2D eigenvalue weighted by atomic mass is 10.0. The van der Waals surface area contributed by atoms with E-state index in [1.54, 1.807) is 48.7 Å². The zero-order valence-electron chi connectivity index (χ0n) is 30.2. The van der Waals surface area contributed by atoms with Crippen molar-refractivity contribution in [2.75, 3.05) is 32.3 Å². The normalized spacial score (nSPS) is 12.7. The van der Waals surface area contributed by atoms with Crippen LogP contribution in [0.25, 0.3) is 0 Å². The van der Waals surface area contributed by atoms with Gasteiger partial charge in [0.1, 0.15) is 25.1 Å². The van der Waals surface area contributed by atoms with E-state index >= 15 is 0 Å². The van der Waals surface area contributed by atoms with Crippen molar-refractivity contribution in [3.8, 4) is 0 Å². The van der Waals surface area contributed by atoms with Gasteiger partial charge < -0.3 is 14.2 Å². The highest BCUT2D eigenvalue weighted by Gasteiger charge is 2.32. The van der Waals surface area contributed by atoms with Crippen LogP contribution in [-0.2, 0) is 31.0 Å². The van der Waals surface area contributed by atoms with Crippen LogP contribution in [0.1, 0.15) is 116 Å². The van der Waals surface area contributed by atoms with Gasteiger partial charge in [-0.3, -0.25) is 4.90 Å². The maximum Gasteiger partial charge on any atom is 0.425 e. The highest BCUT2D eigenvalue weighted by Crippen LogP contribution is 2.17. The molecule has 0 bridgehead atoms. The predicted molar refractivity (Wildman–Crippen MR) is 195 cm³/mol. The van der Waals surface area contributed by atoms with Gasteiger partial charge in [-0.25, -0.2) is 14.6 Å². The minimum atomic E-state index is -4.26. The Morgan fingerprint density at radius 2 is 1.33 bits per heavy atom. The standard InChI is InChI=1S/C37H60N4O7S/c1-5-7-8-9-10-11-12-13-14-15-16-20-26-33(23-6-2)39-49(44,45)41(29-32-24-18-17-19-25-32)37(43)48-31-34(46-4)30-47-36(42)40(3)35-27-21-22-28-38-35/h17-19,21-22,24-25,27-28,33-34,39H,5-16,20,23,26,29-31H2,1-4H3. The number of rotatable bonds is 26. The fraction of sp³-hybridized carbons (Fsp3) is 0.649. The van der Waals surface area contributed by atoms with Crippen molar-refractivity contribution in [2.45, 2.75) is 129 Å². The van der Waals surface area contributed by atoms with Gasteiger partial charge >= 0.3 is 22.4 Å². The molecule has 0 saturated carbocycles. The van der Waals surface area contributed by atoms with Gasteiger partial charge in [-0.2, -0.15) is 17.4 Å². The van der Waals surface area contributed by atoms with E-state index < -0.39 is 28.5 Å². The van der Waals surface area contributed by atoms with E-state index in [2.05, 4.69) is 16.6 Å². The summed E-state index contributed by atoms with van der Waals surface area (Å²) in [6, 6.07) is 13.7. The number of benzene rings is 1. The molecule has 0 aliphatic rings. The first-order valence-electron chi connectivity index (χ1n) is 18.1. The predicted octanol–water partition coefficient (Wildman–Crippen LogP) is 8.40. The van der Waals surface area contributed by atoms with E-state index in [4.69, 9.17) is 14.2 Å². The molecule has 0 aliphatic heterocycles. The lowest BCUT2D eigenvalue weighted by Gasteiger charge is -2.26. The van der Waals surface area contributed by atoms with E-state index in [9.17, 15) is 18.0 Å². The van der Waals surface area contributed by atoms with Crippen LogP contribution < -0.4 is 9.62 Å². The quantitative estimate of drug-likeness (QED) is 0.0968. The van der Waals surface area contributed by atoms with Crippen molar-refractivity contribution in [1.82, 2.24) is 14.0 Å². The van der Waals surface area contributed by atoms with Gasteiger partial charge in [-0.05, 0) is 30.5 Å². The molecule has 0 aliphatic carbocycles. The summed E-state index contributed by atoms with van der Waals surface area (Å²) < 4.78 is 47.1. The van der Waals surface area contributed by atoms with E-state index in [0.717, 1.165) is 30.0 Å². The van der Waals surface area contributed by atoms with Crippen molar-refractivity contribution >= 4 is 28.2 Å². The van der Waals surface area contributed by atoms with Gasteiger partial charge in [0.15, 0.2) is 0 Å². The number of hydrogen-bond acceptors (Lipinski definition) is 8. The summed E-state index contributed by atoms with van der Waals surface area (Å²) in [7, 11) is -1.35. The lowest BCUT2D eigenvalue weighted by Crippen LogP contribution is -2.48. The zero-order chi connectivity index (χ0) is 35.7. The number of amides is 2. The van der Waals surface area contributed by atoms with Crippen molar-refractivity contribution in [3.63, 3.8) is 0 Å². The number of pyridine rings is 1. The number of methoxy groups -OCH3 is 1. The molecular formula is C37H60N4O7S. The molecule has 2 atom stereocenters. The first kappa shape index (κ1) is 41.9. The maximum absolute atomic E-state index is 13.7. The molecule has 1 heterocycles. The smallest absolute Gasteiger partial charge is 0.425 e. The first-order chi connectivity index (χ1) is 23.7. The molecule has 49 heavy (non-hydrogen) atoms. The fourth-order valence-electron chi connectivity index (χ4n) is 5.44. The number of carbonyl (C=O) groups is 2. The molecule has 1 aromatic carbocycles. The van der Waals surface area contributed by atoms with Crippen LogP contribution in [0.15, 0.2) is 54.7 Å². The fourth-order valence-corrected chi connectivity index (χ4v) is 6.79. The van der Waals surface area contributed by atoms with Gasteiger partial charge in [-0.1, -0.05) is 134 Å². The third-order valence-corrected chi connectivity index (χ3v) is 9.90. The summed E-state index contributed by atoms with van der Waals surface area (Å²) >= 11 is 0.